The van der Waals surface area contributed by atoms with E-state index in [9.17, 15) is 0 Å². The van der Waals surface area contributed by atoms with Crippen LogP contribution in [-0.2, 0) is 18.9 Å². The van der Waals surface area contributed by atoms with Crippen LogP contribution >= 0.6 is 0 Å². The Morgan fingerprint density at radius 1 is 1.00 bits per heavy atom. The first-order valence-electron chi connectivity index (χ1n) is 9.81. The van der Waals surface area contributed by atoms with Gasteiger partial charge in [-0.05, 0) is 46.0 Å². The lowest BCUT2D eigenvalue weighted by Crippen LogP contribution is -2.48. The molecule has 2 fully saturated rings. The molecule has 2 rings (SSSR count). The van der Waals surface area contributed by atoms with E-state index in [1.807, 2.05) is 0 Å². The van der Waals surface area contributed by atoms with Gasteiger partial charge in [-0.1, -0.05) is 20.8 Å². The van der Waals surface area contributed by atoms with Crippen molar-refractivity contribution in [2.45, 2.75) is 78.4 Å². The lowest BCUT2D eigenvalue weighted by Gasteiger charge is -2.43. The first kappa shape index (κ1) is 20.2. The van der Waals surface area contributed by atoms with E-state index < -0.39 is 0 Å². The van der Waals surface area contributed by atoms with E-state index in [4.69, 9.17) is 18.9 Å². The maximum absolute atomic E-state index is 6.33. The van der Waals surface area contributed by atoms with Crippen LogP contribution in [-0.4, -0.2) is 51.3 Å². The third-order valence-electron chi connectivity index (χ3n) is 6.36. The molecule has 24 heavy (non-hydrogen) atoms. The summed E-state index contributed by atoms with van der Waals surface area (Å²) in [6.45, 7) is 16.2. The van der Waals surface area contributed by atoms with Crippen LogP contribution in [0.5, 0.6) is 0 Å². The lowest BCUT2D eigenvalue weighted by atomic mass is 9.78. The van der Waals surface area contributed by atoms with E-state index in [0.717, 1.165) is 65.3 Å². The van der Waals surface area contributed by atoms with E-state index in [1.54, 1.807) is 0 Å². The summed E-state index contributed by atoms with van der Waals surface area (Å²) in [7, 11) is 0. The number of hydrogen-bond acceptors (Lipinski definition) is 4. The first-order valence-corrected chi connectivity index (χ1v) is 9.81. The van der Waals surface area contributed by atoms with Crippen molar-refractivity contribution in [3.05, 3.63) is 0 Å². The van der Waals surface area contributed by atoms with Gasteiger partial charge in [-0.3, -0.25) is 0 Å². The zero-order chi connectivity index (χ0) is 17.7. The Morgan fingerprint density at radius 2 is 1.58 bits per heavy atom. The summed E-state index contributed by atoms with van der Waals surface area (Å²) in [5, 5.41) is 0. The van der Waals surface area contributed by atoms with E-state index in [1.165, 1.54) is 6.42 Å². The van der Waals surface area contributed by atoms with Crippen molar-refractivity contribution in [2.75, 3.05) is 39.6 Å². The van der Waals surface area contributed by atoms with Crippen LogP contribution in [0.4, 0.5) is 0 Å². The maximum Gasteiger partial charge on any atom is 0.0674 e. The molecule has 0 amide bonds. The summed E-state index contributed by atoms with van der Waals surface area (Å²) in [6, 6.07) is 0. The molecular formula is C20H38O4. The van der Waals surface area contributed by atoms with Gasteiger partial charge < -0.3 is 18.9 Å². The summed E-state index contributed by atoms with van der Waals surface area (Å²) < 4.78 is 23.3. The van der Waals surface area contributed by atoms with Crippen LogP contribution in [0.3, 0.4) is 0 Å². The molecule has 0 aliphatic carbocycles. The SMILES string of the molecule is CCC1(COC(C)(CC)CCOC(C)CC2(CC)COC2)COC1. The van der Waals surface area contributed by atoms with E-state index in [2.05, 4.69) is 34.6 Å². The topological polar surface area (TPSA) is 36.9 Å². The Morgan fingerprint density at radius 3 is 2.00 bits per heavy atom. The lowest BCUT2D eigenvalue weighted by molar-refractivity contribution is -0.182. The third-order valence-corrected chi connectivity index (χ3v) is 6.36. The Hall–Kier alpha value is -0.160. The molecule has 2 saturated heterocycles. The normalized spacial score (nSPS) is 25.4. The summed E-state index contributed by atoms with van der Waals surface area (Å²) in [4.78, 5) is 0. The minimum atomic E-state index is -0.0977. The van der Waals surface area contributed by atoms with E-state index in [-0.39, 0.29) is 17.1 Å². The highest BCUT2D eigenvalue weighted by Gasteiger charge is 2.40. The number of ether oxygens (including phenoxy) is 4. The van der Waals surface area contributed by atoms with E-state index >= 15 is 0 Å². The zero-order valence-electron chi connectivity index (χ0n) is 16.5. The molecule has 0 N–H and O–H groups in total. The molecule has 2 heterocycles. The predicted octanol–water partition coefficient (Wildman–Crippen LogP) is 4.21. The molecule has 2 aliphatic heterocycles. The van der Waals surface area contributed by atoms with Crippen molar-refractivity contribution in [3.8, 4) is 0 Å². The van der Waals surface area contributed by atoms with Crippen LogP contribution in [0, 0.1) is 10.8 Å². The highest BCUT2D eigenvalue weighted by Crippen LogP contribution is 2.37. The number of hydrogen-bond donors (Lipinski definition) is 0. The molecule has 0 aromatic rings. The Kier molecular flexibility index (Phi) is 7.12. The zero-order valence-corrected chi connectivity index (χ0v) is 16.5. The van der Waals surface area contributed by atoms with Crippen molar-refractivity contribution < 1.29 is 18.9 Å². The van der Waals surface area contributed by atoms with Crippen LogP contribution in [0.15, 0.2) is 0 Å². The minimum Gasteiger partial charge on any atom is -0.380 e. The fraction of sp³-hybridized carbons (Fsp3) is 1.00. The molecule has 0 aromatic carbocycles. The quantitative estimate of drug-likeness (QED) is 0.532. The number of rotatable bonds is 12. The molecule has 2 atom stereocenters. The molecule has 0 spiro atoms. The monoisotopic (exact) mass is 342 g/mol. The van der Waals surface area contributed by atoms with Gasteiger partial charge in [0.15, 0.2) is 0 Å². The highest BCUT2D eigenvalue weighted by molar-refractivity contribution is 4.87. The second-order valence-corrected chi connectivity index (χ2v) is 8.42. The van der Waals surface area contributed by atoms with Crippen molar-refractivity contribution in [1.82, 2.24) is 0 Å². The van der Waals surface area contributed by atoms with Crippen LogP contribution < -0.4 is 0 Å². The molecule has 142 valence electrons. The van der Waals surface area contributed by atoms with Gasteiger partial charge in [0.1, 0.15) is 0 Å². The van der Waals surface area contributed by atoms with Crippen LogP contribution in [0.25, 0.3) is 0 Å². The molecule has 0 aromatic heterocycles. The predicted molar refractivity (Wildman–Crippen MR) is 96.4 cm³/mol. The largest absolute Gasteiger partial charge is 0.380 e. The summed E-state index contributed by atoms with van der Waals surface area (Å²) in [5.74, 6) is 0. The van der Waals surface area contributed by atoms with Gasteiger partial charge >= 0.3 is 0 Å². The molecule has 0 radical (unpaired) electrons. The second kappa shape index (κ2) is 8.48. The Bertz CT molecular complexity index is 365. The molecule has 0 saturated carbocycles. The van der Waals surface area contributed by atoms with Crippen molar-refractivity contribution in [3.63, 3.8) is 0 Å². The molecule has 2 aliphatic rings. The standard InChI is InChI=1S/C20H38O4/c1-6-18(5,24-16-20(8-3)14-22-15-20)9-10-23-17(4)11-19(7-2)12-21-13-19/h17H,6-16H2,1-5H3. The third kappa shape index (κ3) is 4.94. The van der Waals surface area contributed by atoms with Gasteiger partial charge in [0.05, 0.1) is 44.7 Å². The van der Waals surface area contributed by atoms with Crippen molar-refractivity contribution in [1.29, 1.82) is 0 Å². The smallest absolute Gasteiger partial charge is 0.0674 e. The Labute approximate surface area is 148 Å². The Balaban J connectivity index is 1.69. The minimum absolute atomic E-state index is 0.0977. The average Bonchev–Trinajstić information content (AvgIpc) is 2.50. The van der Waals surface area contributed by atoms with Gasteiger partial charge in [0.2, 0.25) is 0 Å². The van der Waals surface area contributed by atoms with E-state index in [0.29, 0.717) is 5.41 Å². The van der Waals surface area contributed by atoms with Gasteiger partial charge in [-0.25, -0.2) is 0 Å². The van der Waals surface area contributed by atoms with Crippen molar-refractivity contribution >= 4 is 0 Å². The summed E-state index contributed by atoms with van der Waals surface area (Å²) in [6.07, 6.45) is 5.65. The maximum atomic E-state index is 6.33. The highest BCUT2D eigenvalue weighted by atomic mass is 16.5. The second-order valence-electron chi connectivity index (χ2n) is 8.42. The fourth-order valence-corrected chi connectivity index (χ4v) is 3.46. The average molecular weight is 343 g/mol. The molecule has 2 unspecified atom stereocenters. The van der Waals surface area contributed by atoms with Gasteiger partial charge in [-0.15, -0.1) is 0 Å². The molecular weight excluding hydrogens is 304 g/mol. The van der Waals surface area contributed by atoms with Crippen LogP contribution in [0.2, 0.25) is 0 Å². The fourth-order valence-electron chi connectivity index (χ4n) is 3.46. The molecule has 4 nitrogen and oxygen atoms in total. The van der Waals surface area contributed by atoms with Gasteiger partial charge in [0.25, 0.3) is 0 Å². The molecule has 4 heteroatoms. The van der Waals surface area contributed by atoms with Crippen molar-refractivity contribution in [2.24, 2.45) is 10.8 Å². The first-order chi connectivity index (χ1) is 11.4. The molecule has 0 bridgehead atoms. The van der Waals surface area contributed by atoms with Gasteiger partial charge in [-0.2, -0.15) is 0 Å². The van der Waals surface area contributed by atoms with Crippen LogP contribution in [0.1, 0.15) is 66.7 Å². The van der Waals surface area contributed by atoms with Gasteiger partial charge in [0, 0.05) is 17.4 Å². The summed E-state index contributed by atoms with van der Waals surface area (Å²) in [5.41, 5.74) is 0.517. The summed E-state index contributed by atoms with van der Waals surface area (Å²) >= 11 is 0.